The van der Waals surface area contributed by atoms with Crippen LogP contribution in [-0.2, 0) is 16.0 Å². The molecule has 0 saturated carbocycles. The van der Waals surface area contributed by atoms with E-state index in [0.717, 1.165) is 27.7 Å². The van der Waals surface area contributed by atoms with Gasteiger partial charge >= 0.3 is 6.03 Å². The Balaban J connectivity index is 1.45. The molecule has 4 aromatic rings. The van der Waals surface area contributed by atoms with Gasteiger partial charge in [-0.05, 0) is 29.3 Å². The Kier molecular flexibility index (Phi) is 5.73. The van der Waals surface area contributed by atoms with Crippen LogP contribution in [0.2, 0.25) is 0 Å². The van der Waals surface area contributed by atoms with Crippen molar-refractivity contribution in [3.63, 3.8) is 0 Å². The molecule has 186 valence electrons. The summed E-state index contributed by atoms with van der Waals surface area (Å²) < 4.78 is 5.02. The van der Waals surface area contributed by atoms with Gasteiger partial charge in [0.1, 0.15) is 12.1 Å². The number of benzene rings is 3. The number of nitrogens with zero attached hydrogens (tertiary/aromatic N) is 2. The van der Waals surface area contributed by atoms with Crippen LogP contribution < -0.4 is 10.2 Å². The number of imide groups is 1. The van der Waals surface area contributed by atoms with Gasteiger partial charge in [-0.25, -0.2) is 9.69 Å². The number of anilines is 1. The van der Waals surface area contributed by atoms with Crippen molar-refractivity contribution in [1.82, 2.24) is 15.2 Å². The number of fused-ring (bicyclic) bond motifs is 4. The fraction of sp³-hybridized carbons (Fsp3) is 0.207. The molecule has 1 fully saturated rings. The molecule has 8 heteroatoms. The number of carbonyl (C=O) groups excluding carboxylic acids is 3. The molecule has 3 heterocycles. The molecule has 0 unspecified atom stereocenters. The fourth-order valence-corrected chi connectivity index (χ4v) is 5.50. The first-order chi connectivity index (χ1) is 18.1. The molecule has 1 aromatic heterocycles. The van der Waals surface area contributed by atoms with E-state index in [2.05, 4.69) is 10.3 Å². The number of ether oxygens (including phenoxy) is 1. The average Bonchev–Trinajstić information content (AvgIpc) is 3.42. The van der Waals surface area contributed by atoms with Gasteiger partial charge in [-0.15, -0.1) is 0 Å². The van der Waals surface area contributed by atoms with Crippen molar-refractivity contribution in [1.29, 1.82) is 0 Å². The Hall–Kier alpha value is -4.43. The van der Waals surface area contributed by atoms with E-state index in [1.807, 2.05) is 54.6 Å². The number of nitrogens with one attached hydrogen (secondary N) is 2. The van der Waals surface area contributed by atoms with Crippen molar-refractivity contribution >= 4 is 34.4 Å². The Morgan fingerprint density at radius 3 is 2.54 bits per heavy atom. The third-order valence-electron chi connectivity index (χ3n) is 7.15. The van der Waals surface area contributed by atoms with Gasteiger partial charge in [-0.2, -0.15) is 0 Å². The van der Waals surface area contributed by atoms with Crippen LogP contribution in [0.1, 0.15) is 33.2 Å². The van der Waals surface area contributed by atoms with Crippen molar-refractivity contribution in [2.24, 2.45) is 0 Å². The van der Waals surface area contributed by atoms with E-state index in [-0.39, 0.29) is 23.1 Å². The number of H-pyrrole nitrogens is 1. The van der Waals surface area contributed by atoms with Gasteiger partial charge in [0.15, 0.2) is 0 Å². The molecule has 0 spiro atoms. The highest BCUT2D eigenvalue weighted by Gasteiger charge is 2.53. The third kappa shape index (κ3) is 3.68. The number of aromatic nitrogens is 1. The zero-order valence-electron chi connectivity index (χ0n) is 20.3. The highest BCUT2D eigenvalue weighted by Crippen LogP contribution is 2.45. The number of hydrogen-bond acceptors (Lipinski definition) is 4. The summed E-state index contributed by atoms with van der Waals surface area (Å²) in [4.78, 5) is 47.3. The topological polar surface area (TPSA) is 94.7 Å². The molecule has 2 aliphatic heterocycles. The Bertz CT molecular complexity index is 1510. The Morgan fingerprint density at radius 2 is 1.73 bits per heavy atom. The zero-order chi connectivity index (χ0) is 25.5. The molecule has 0 radical (unpaired) electrons. The summed E-state index contributed by atoms with van der Waals surface area (Å²) >= 11 is 0. The molecule has 0 aliphatic carbocycles. The van der Waals surface area contributed by atoms with Crippen LogP contribution >= 0.6 is 0 Å². The van der Waals surface area contributed by atoms with E-state index in [9.17, 15) is 14.4 Å². The first kappa shape index (κ1) is 23.0. The quantitative estimate of drug-likeness (QED) is 0.313. The highest BCUT2D eigenvalue weighted by molar-refractivity contribution is 6.24. The van der Waals surface area contributed by atoms with Gasteiger partial charge in [0.25, 0.3) is 11.8 Å². The van der Waals surface area contributed by atoms with Gasteiger partial charge in [0.05, 0.1) is 17.9 Å². The Morgan fingerprint density at radius 1 is 1.00 bits per heavy atom. The maximum absolute atomic E-state index is 14.1. The lowest BCUT2D eigenvalue weighted by Crippen LogP contribution is -2.44. The standard InChI is InChI=1S/C29H26N4O4/c1-37-16-15-30-27(34)20-12-6-8-14-23(20)33-28(35)24-17-21-19-11-5-7-13-22(19)31-25(21)26(32(24)29(33)36)18-9-3-2-4-10-18/h2-14,24,26,31H,15-17H2,1H3,(H,30,34)/t24-,26-/m0/s1. The van der Waals surface area contributed by atoms with E-state index in [1.54, 1.807) is 36.3 Å². The van der Waals surface area contributed by atoms with Crippen molar-refractivity contribution in [3.8, 4) is 0 Å². The zero-order valence-corrected chi connectivity index (χ0v) is 20.3. The van der Waals surface area contributed by atoms with Crippen LogP contribution in [0.4, 0.5) is 10.5 Å². The van der Waals surface area contributed by atoms with Crippen LogP contribution in [0.25, 0.3) is 10.9 Å². The summed E-state index contributed by atoms with van der Waals surface area (Å²) in [6.07, 6.45) is 0.395. The molecular formula is C29H26N4O4. The van der Waals surface area contributed by atoms with E-state index in [4.69, 9.17) is 4.74 Å². The van der Waals surface area contributed by atoms with Crippen LogP contribution in [0.5, 0.6) is 0 Å². The van der Waals surface area contributed by atoms with Crippen molar-refractivity contribution in [2.45, 2.75) is 18.5 Å². The highest BCUT2D eigenvalue weighted by atomic mass is 16.5. The maximum atomic E-state index is 14.1. The number of urea groups is 1. The molecule has 37 heavy (non-hydrogen) atoms. The number of aromatic amines is 1. The lowest BCUT2D eigenvalue weighted by Gasteiger charge is -2.36. The van der Waals surface area contributed by atoms with E-state index < -0.39 is 18.1 Å². The molecule has 6 rings (SSSR count). The van der Waals surface area contributed by atoms with Gasteiger partial charge in [0, 0.05) is 36.7 Å². The largest absolute Gasteiger partial charge is 0.383 e. The van der Waals surface area contributed by atoms with Crippen LogP contribution in [-0.4, -0.2) is 54.0 Å². The second kappa shape index (κ2) is 9.22. The molecule has 2 N–H and O–H groups in total. The van der Waals surface area contributed by atoms with Crippen molar-refractivity contribution in [2.75, 3.05) is 25.2 Å². The summed E-state index contributed by atoms with van der Waals surface area (Å²) in [6.45, 7) is 0.675. The summed E-state index contributed by atoms with van der Waals surface area (Å²) in [7, 11) is 1.56. The van der Waals surface area contributed by atoms with Gasteiger partial charge in [0.2, 0.25) is 0 Å². The van der Waals surface area contributed by atoms with Crippen molar-refractivity contribution in [3.05, 3.63) is 101 Å². The van der Waals surface area contributed by atoms with E-state index >= 15 is 0 Å². The second-order valence-corrected chi connectivity index (χ2v) is 9.23. The molecule has 3 aromatic carbocycles. The lowest BCUT2D eigenvalue weighted by molar-refractivity contribution is -0.120. The fourth-order valence-electron chi connectivity index (χ4n) is 5.50. The SMILES string of the molecule is COCCNC(=O)c1ccccc1N1C(=O)[C@@H]2Cc3c([nH]c4ccccc34)[C@H](c3ccccc3)N2C1=O. The summed E-state index contributed by atoms with van der Waals surface area (Å²) in [6, 6.07) is 22.9. The minimum atomic E-state index is -0.686. The average molecular weight is 495 g/mol. The number of carbonyl (C=O) groups is 3. The van der Waals surface area contributed by atoms with Crippen LogP contribution in [0, 0.1) is 0 Å². The van der Waals surface area contributed by atoms with E-state index in [0.29, 0.717) is 19.6 Å². The molecule has 2 aliphatic rings. The summed E-state index contributed by atoms with van der Waals surface area (Å²) in [5.41, 5.74) is 4.39. The Labute approximate surface area is 213 Å². The number of amides is 4. The van der Waals surface area contributed by atoms with Gasteiger partial charge < -0.3 is 15.0 Å². The second-order valence-electron chi connectivity index (χ2n) is 9.23. The smallest absolute Gasteiger partial charge is 0.332 e. The summed E-state index contributed by atoms with van der Waals surface area (Å²) in [5, 5.41) is 3.84. The molecule has 0 bridgehead atoms. The predicted octanol–water partition coefficient (Wildman–Crippen LogP) is 4.03. The normalized spacial score (nSPS) is 18.7. The summed E-state index contributed by atoms with van der Waals surface area (Å²) in [5.74, 6) is -0.701. The first-order valence-electron chi connectivity index (χ1n) is 12.3. The molecule has 8 nitrogen and oxygen atoms in total. The monoisotopic (exact) mass is 494 g/mol. The first-order valence-corrected chi connectivity index (χ1v) is 12.3. The molecule has 4 amide bonds. The van der Waals surface area contributed by atoms with Crippen molar-refractivity contribution < 1.29 is 19.1 Å². The maximum Gasteiger partial charge on any atom is 0.332 e. The predicted molar refractivity (Wildman–Crippen MR) is 139 cm³/mol. The lowest BCUT2D eigenvalue weighted by atomic mass is 9.89. The number of para-hydroxylation sites is 2. The minimum Gasteiger partial charge on any atom is -0.383 e. The van der Waals surface area contributed by atoms with Crippen LogP contribution in [0.15, 0.2) is 78.9 Å². The number of methoxy groups -OCH3 is 1. The van der Waals surface area contributed by atoms with Crippen LogP contribution in [0.3, 0.4) is 0 Å². The minimum absolute atomic E-state index is 0.264. The van der Waals surface area contributed by atoms with E-state index in [1.165, 1.54) is 4.90 Å². The molecule has 1 saturated heterocycles. The number of hydrogen-bond donors (Lipinski definition) is 2. The number of rotatable bonds is 6. The van der Waals surface area contributed by atoms with Gasteiger partial charge in [-0.3, -0.25) is 14.5 Å². The third-order valence-corrected chi connectivity index (χ3v) is 7.15. The molecule has 2 atom stereocenters. The van der Waals surface area contributed by atoms with Gasteiger partial charge in [-0.1, -0.05) is 60.7 Å². The molecular weight excluding hydrogens is 468 g/mol.